The molecule has 1 heterocycles. The highest BCUT2D eigenvalue weighted by molar-refractivity contribution is 5.95. The largest absolute Gasteiger partial charge is 0.479 e. The predicted molar refractivity (Wildman–Crippen MR) is 127 cm³/mol. The number of carboxylic acid groups (broad SMARTS) is 1. The summed E-state index contributed by atoms with van der Waals surface area (Å²) in [5, 5.41) is 17.8. The molecule has 10 heteroatoms. The van der Waals surface area contributed by atoms with Crippen LogP contribution in [0.15, 0.2) is 36.9 Å². The number of benzene rings is 1. The minimum Gasteiger partial charge on any atom is -0.479 e. The fourth-order valence-electron chi connectivity index (χ4n) is 4.57. The van der Waals surface area contributed by atoms with Crippen molar-refractivity contribution in [2.45, 2.75) is 57.2 Å². The number of rotatable bonds is 10. The quantitative estimate of drug-likeness (QED) is 0.376. The fraction of sp³-hybridized carbons (Fsp3) is 0.520. The average molecular weight is 489 g/mol. The van der Waals surface area contributed by atoms with Gasteiger partial charge >= 0.3 is 12.0 Å². The number of likely N-dealkylation sites (tertiary alicyclic amines) is 1. The van der Waals surface area contributed by atoms with Crippen molar-refractivity contribution in [1.82, 2.24) is 20.9 Å². The fourth-order valence-corrected chi connectivity index (χ4v) is 4.57. The molecule has 1 aromatic rings. The van der Waals surface area contributed by atoms with Gasteiger partial charge in [0.25, 0.3) is 5.91 Å². The first-order valence-corrected chi connectivity index (χ1v) is 11.9. The summed E-state index contributed by atoms with van der Waals surface area (Å²) in [5.41, 5.74) is -1.17. The smallest absolute Gasteiger partial charge is 0.330 e. The van der Waals surface area contributed by atoms with Gasteiger partial charge in [0, 0.05) is 30.6 Å². The van der Waals surface area contributed by atoms with Crippen LogP contribution in [-0.4, -0.2) is 64.5 Å². The van der Waals surface area contributed by atoms with Crippen molar-refractivity contribution in [2.24, 2.45) is 11.8 Å². The lowest BCUT2D eigenvalue weighted by molar-refractivity contribution is -0.144. The summed E-state index contributed by atoms with van der Waals surface area (Å²) < 4.78 is 13.4. The van der Waals surface area contributed by atoms with Gasteiger partial charge in [-0.2, -0.15) is 0 Å². The van der Waals surface area contributed by atoms with E-state index in [1.807, 2.05) is 13.8 Å². The van der Waals surface area contributed by atoms with E-state index in [4.69, 9.17) is 0 Å². The summed E-state index contributed by atoms with van der Waals surface area (Å²) in [5.74, 6) is -2.71. The molecule has 4 N–H and O–H groups in total. The second-order valence-electron chi connectivity index (χ2n) is 9.66. The van der Waals surface area contributed by atoms with Crippen molar-refractivity contribution in [2.75, 3.05) is 13.1 Å². The van der Waals surface area contributed by atoms with E-state index in [-0.39, 0.29) is 30.4 Å². The van der Waals surface area contributed by atoms with Crippen LogP contribution in [0, 0.1) is 17.7 Å². The van der Waals surface area contributed by atoms with E-state index in [9.17, 15) is 28.7 Å². The van der Waals surface area contributed by atoms with Crippen molar-refractivity contribution in [1.29, 1.82) is 0 Å². The summed E-state index contributed by atoms with van der Waals surface area (Å²) >= 11 is 0. The molecule has 9 nitrogen and oxygen atoms in total. The van der Waals surface area contributed by atoms with Crippen LogP contribution in [-0.2, 0) is 9.59 Å². The Bertz CT molecular complexity index is 1000. The summed E-state index contributed by atoms with van der Waals surface area (Å²) in [7, 11) is 0. The number of amides is 4. The number of carbonyl (C=O) groups is 4. The maximum Gasteiger partial charge on any atom is 0.330 e. The summed E-state index contributed by atoms with van der Waals surface area (Å²) in [6.07, 6.45) is 3.41. The number of urea groups is 1. The molecule has 1 aliphatic carbocycles. The number of halogens is 1. The van der Waals surface area contributed by atoms with Crippen molar-refractivity contribution in [3.63, 3.8) is 0 Å². The van der Waals surface area contributed by atoms with Gasteiger partial charge < -0.3 is 26.0 Å². The van der Waals surface area contributed by atoms with E-state index >= 15 is 0 Å². The van der Waals surface area contributed by atoms with Crippen molar-refractivity contribution >= 4 is 23.8 Å². The SMILES string of the molecule is C=C[C@@H]1C[C@]1(NC(=O)C1CCCN1C(=O)NC(CNC(=O)c1cccc(F)c1)CC(C)C)C(=O)O. The van der Waals surface area contributed by atoms with Gasteiger partial charge in [-0.15, -0.1) is 6.58 Å². The van der Waals surface area contributed by atoms with Crippen LogP contribution >= 0.6 is 0 Å². The molecular formula is C25H33FN4O5. The zero-order valence-corrected chi connectivity index (χ0v) is 20.1. The molecule has 0 radical (unpaired) electrons. The molecular weight excluding hydrogens is 455 g/mol. The number of aliphatic carboxylic acids is 1. The van der Waals surface area contributed by atoms with Crippen LogP contribution in [0.25, 0.3) is 0 Å². The Morgan fingerprint density at radius 1 is 1.31 bits per heavy atom. The summed E-state index contributed by atoms with van der Waals surface area (Å²) in [6, 6.07) is 3.70. The standard InChI is InChI=1S/C25H33FN4O5/c1-4-17-13-25(17,23(33)34)29-22(32)20-9-6-10-30(20)24(35)28-19(11-15(2)3)14-27-21(31)16-7-5-8-18(26)12-16/h4-5,7-8,12,15,17,19-20H,1,6,9-11,13-14H2,2-3H3,(H,27,31)(H,28,35)(H,29,32)(H,33,34)/t17-,19?,20?,25-/m1/s1. The van der Waals surface area contributed by atoms with Gasteiger partial charge in [0.05, 0.1) is 0 Å². The first kappa shape index (κ1) is 26.2. The Morgan fingerprint density at radius 2 is 2.06 bits per heavy atom. The normalized spacial score (nSPS) is 23.9. The van der Waals surface area contributed by atoms with E-state index < -0.39 is 47.3 Å². The maximum atomic E-state index is 13.4. The van der Waals surface area contributed by atoms with Crippen LogP contribution < -0.4 is 16.0 Å². The average Bonchev–Trinajstić information content (AvgIpc) is 3.29. The molecule has 3 rings (SSSR count). The van der Waals surface area contributed by atoms with E-state index in [2.05, 4.69) is 22.5 Å². The van der Waals surface area contributed by atoms with E-state index in [1.165, 1.54) is 29.2 Å². The highest BCUT2D eigenvalue weighted by atomic mass is 19.1. The van der Waals surface area contributed by atoms with Gasteiger partial charge in [0.2, 0.25) is 5.91 Å². The summed E-state index contributed by atoms with van der Waals surface area (Å²) in [6.45, 7) is 8.08. The first-order chi connectivity index (χ1) is 16.6. The third-order valence-electron chi connectivity index (χ3n) is 6.52. The van der Waals surface area contributed by atoms with Crippen LogP contribution in [0.5, 0.6) is 0 Å². The minimum absolute atomic E-state index is 0.132. The van der Waals surface area contributed by atoms with Crippen LogP contribution in [0.3, 0.4) is 0 Å². The molecule has 2 aliphatic rings. The van der Waals surface area contributed by atoms with Crippen LogP contribution in [0.4, 0.5) is 9.18 Å². The monoisotopic (exact) mass is 488 g/mol. The van der Waals surface area contributed by atoms with Crippen molar-refractivity contribution < 1.29 is 28.7 Å². The van der Waals surface area contributed by atoms with Gasteiger partial charge in [-0.05, 0) is 49.8 Å². The molecule has 1 saturated carbocycles. The number of carbonyl (C=O) groups excluding carboxylic acids is 3. The Labute approximate surface area is 204 Å². The van der Waals surface area contributed by atoms with Gasteiger partial charge in [-0.1, -0.05) is 26.0 Å². The molecule has 4 atom stereocenters. The zero-order chi connectivity index (χ0) is 25.8. The third kappa shape index (κ3) is 6.17. The maximum absolute atomic E-state index is 13.4. The van der Waals surface area contributed by atoms with Crippen LogP contribution in [0.1, 0.15) is 49.9 Å². The summed E-state index contributed by atoms with van der Waals surface area (Å²) in [4.78, 5) is 51.5. The number of nitrogens with one attached hydrogen (secondary N) is 3. The molecule has 190 valence electrons. The first-order valence-electron chi connectivity index (χ1n) is 11.9. The molecule has 2 unspecified atom stereocenters. The molecule has 1 aromatic carbocycles. The Morgan fingerprint density at radius 3 is 2.66 bits per heavy atom. The molecule has 4 amide bonds. The van der Waals surface area contributed by atoms with Crippen molar-refractivity contribution in [3.05, 3.63) is 48.3 Å². The molecule has 0 spiro atoms. The molecule has 1 aliphatic heterocycles. The minimum atomic E-state index is -1.36. The lowest BCUT2D eigenvalue weighted by Crippen LogP contribution is -2.56. The topological polar surface area (TPSA) is 128 Å². The number of nitrogens with zero attached hydrogens (tertiary/aromatic N) is 1. The lowest BCUT2D eigenvalue weighted by atomic mass is 10.0. The van der Waals surface area contributed by atoms with E-state index in [1.54, 1.807) is 0 Å². The van der Waals surface area contributed by atoms with Crippen molar-refractivity contribution in [3.8, 4) is 0 Å². The number of carboxylic acids is 1. The van der Waals surface area contributed by atoms with Gasteiger partial charge in [-0.3, -0.25) is 9.59 Å². The Hall–Kier alpha value is -3.43. The second kappa shape index (κ2) is 10.9. The number of hydrogen-bond acceptors (Lipinski definition) is 4. The van der Waals surface area contributed by atoms with Gasteiger partial charge in [-0.25, -0.2) is 14.0 Å². The molecule has 0 bridgehead atoms. The number of hydrogen-bond donors (Lipinski definition) is 4. The van der Waals surface area contributed by atoms with Gasteiger partial charge in [0.1, 0.15) is 17.4 Å². The van der Waals surface area contributed by atoms with Gasteiger partial charge in [0.15, 0.2) is 0 Å². The molecule has 1 saturated heterocycles. The predicted octanol–water partition coefficient (Wildman–Crippen LogP) is 2.29. The third-order valence-corrected chi connectivity index (χ3v) is 6.52. The Kier molecular flexibility index (Phi) is 8.14. The van der Waals surface area contributed by atoms with E-state index in [0.29, 0.717) is 25.8 Å². The highest BCUT2D eigenvalue weighted by Gasteiger charge is 2.61. The van der Waals surface area contributed by atoms with Crippen LogP contribution in [0.2, 0.25) is 0 Å². The lowest BCUT2D eigenvalue weighted by Gasteiger charge is -2.29. The Balaban J connectivity index is 1.61. The molecule has 0 aromatic heterocycles. The molecule has 2 fully saturated rings. The highest BCUT2D eigenvalue weighted by Crippen LogP contribution is 2.44. The second-order valence-corrected chi connectivity index (χ2v) is 9.66. The molecule has 35 heavy (non-hydrogen) atoms. The van der Waals surface area contributed by atoms with E-state index in [0.717, 1.165) is 6.07 Å². The zero-order valence-electron chi connectivity index (χ0n) is 20.1.